The van der Waals surface area contributed by atoms with Crippen molar-refractivity contribution in [1.29, 1.82) is 0 Å². The number of piperazine rings is 1. The van der Waals surface area contributed by atoms with Crippen molar-refractivity contribution >= 4 is 0 Å². The summed E-state index contributed by atoms with van der Waals surface area (Å²) >= 11 is 0. The molecule has 20 heavy (non-hydrogen) atoms. The Bertz CT molecular complexity index is 428. The molecule has 2 N–H and O–H groups in total. The van der Waals surface area contributed by atoms with Crippen molar-refractivity contribution < 1.29 is 9.84 Å². The number of nitrogens with zero attached hydrogens (tertiary/aromatic N) is 1. The topological polar surface area (TPSA) is 44.7 Å². The summed E-state index contributed by atoms with van der Waals surface area (Å²) in [5.41, 5.74) is 0.936. The SMILES string of the molecule is COc1cccc(O)c1[C@@H](CC(C)C)N1CCNCC1. The number of ether oxygens (including phenoxy) is 1. The molecule has 1 aliphatic rings. The molecule has 4 nitrogen and oxygen atoms in total. The number of aromatic hydroxyl groups is 1. The first-order valence-electron chi connectivity index (χ1n) is 7.44. The molecule has 0 unspecified atom stereocenters. The van der Waals surface area contributed by atoms with Gasteiger partial charge in [-0.2, -0.15) is 0 Å². The number of nitrogens with one attached hydrogen (secondary N) is 1. The molecular formula is C16H26N2O2. The van der Waals surface area contributed by atoms with Crippen molar-refractivity contribution in [3.05, 3.63) is 23.8 Å². The van der Waals surface area contributed by atoms with Crippen LogP contribution in [0.3, 0.4) is 0 Å². The smallest absolute Gasteiger partial charge is 0.127 e. The van der Waals surface area contributed by atoms with Crippen molar-refractivity contribution in [1.82, 2.24) is 10.2 Å². The van der Waals surface area contributed by atoms with Crippen LogP contribution in [0.4, 0.5) is 0 Å². The first-order valence-corrected chi connectivity index (χ1v) is 7.44. The summed E-state index contributed by atoms with van der Waals surface area (Å²) in [6, 6.07) is 5.74. The fourth-order valence-corrected chi connectivity index (χ4v) is 2.94. The van der Waals surface area contributed by atoms with Gasteiger partial charge in [0.25, 0.3) is 0 Å². The highest BCUT2D eigenvalue weighted by Gasteiger charge is 2.27. The molecule has 4 heteroatoms. The fraction of sp³-hybridized carbons (Fsp3) is 0.625. The molecule has 0 spiro atoms. The van der Waals surface area contributed by atoms with Crippen molar-refractivity contribution in [3.8, 4) is 11.5 Å². The molecule has 0 radical (unpaired) electrons. The van der Waals surface area contributed by atoms with Crippen LogP contribution in [0.25, 0.3) is 0 Å². The van der Waals surface area contributed by atoms with E-state index in [4.69, 9.17) is 4.74 Å². The lowest BCUT2D eigenvalue weighted by Gasteiger charge is -2.37. The molecule has 1 aromatic rings. The molecule has 1 aromatic carbocycles. The largest absolute Gasteiger partial charge is 0.507 e. The van der Waals surface area contributed by atoms with E-state index < -0.39 is 0 Å². The average Bonchev–Trinajstić information content (AvgIpc) is 2.45. The summed E-state index contributed by atoms with van der Waals surface area (Å²) in [7, 11) is 1.67. The third kappa shape index (κ3) is 3.44. The minimum absolute atomic E-state index is 0.216. The van der Waals surface area contributed by atoms with Crippen LogP contribution >= 0.6 is 0 Å². The van der Waals surface area contributed by atoms with Gasteiger partial charge in [0.15, 0.2) is 0 Å². The van der Waals surface area contributed by atoms with Crippen molar-refractivity contribution in [2.75, 3.05) is 33.3 Å². The zero-order valence-electron chi connectivity index (χ0n) is 12.7. The molecular weight excluding hydrogens is 252 g/mol. The molecule has 0 saturated carbocycles. The Kier molecular flexibility index (Phi) is 5.26. The predicted molar refractivity (Wildman–Crippen MR) is 81.3 cm³/mol. The van der Waals surface area contributed by atoms with Gasteiger partial charge in [-0.05, 0) is 24.5 Å². The van der Waals surface area contributed by atoms with E-state index in [9.17, 15) is 5.11 Å². The Morgan fingerprint density at radius 2 is 2.00 bits per heavy atom. The first-order chi connectivity index (χ1) is 9.63. The van der Waals surface area contributed by atoms with Gasteiger partial charge in [-0.25, -0.2) is 0 Å². The highest BCUT2D eigenvalue weighted by molar-refractivity contribution is 5.46. The van der Waals surface area contributed by atoms with E-state index in [1.807, 2.05) is 12.1 Å². The van der Waals surface area contributed by atoms with Crippen molar-refractivity contribution in [3.63, 3.8) is 0 Å². The van der Waals surface area contributed by atoms with Crippen molar-refractivity contribution in [2.45, 2.75) is 26.3 Å². The van der Waals surface area contributed by atoms with E-state index in [-0.39, 0.29) is 6.04 Å². The summed E-state index contributed by atoms with van der Waals surface area (Å²) in [5.74, 6) is 1.70. The second kappa shape index (κ2) is 6.95. The summed E-state index contributed by atoms with van der Waals surface area (Å²) in [6.07, 6.45) is 1.02. The van der Waals surface area contributed by atoms with Crippen molar-refractivity contribution in [2.24, 2.45) is 5.92 Å². The third-order valence-corrected chi connectivity index (χ3v) is 3.88. The Labute approximate surface area is 121 Å². The molecule has 112 valence electrons. The molecule has 0 amide bonds. The Balaban J connectivity index is 2.34. The molecule has 2 rings (SSSR count). The molecule has 1 aliphatic heterocycles. The van der Waals surface area contributed by atoms with Gasteiger partial charge >= 0.3 is 0 Å². The number of hydrogen-bond acceptors (Lipinski definition) is 4. The third-order valence-electron chi connectivity index (χ3n) is 3.88. The molecule has 1 atom stereocenters. The van der Waals surface area contributed by atoms with Crippen LogP contribution in [0.15, 0.2) is 18.2 Å². The van der Waals surface area contributed by atoms with Gasteiger partial charge in [0.1, 0.15) is 11.5 Å². The summed E-state index contributed by atoms with van der Waals surface area (Å²) in [4.78, 5) is 2.45. The lowest BCUT2D eigenvalue weighted by atomic mass is 9.93. The van der Waals surface area contributed by atoms with Crippen LogP contribution in [-0.2, 0) is 0 Å². The maximum atomic E-state index is 10.3. The number of benzene rings is 1. The standard InChI is InChI=1S/C16H26N2O2/c1-12(2)11-13(18-9-7-17-8-10-18)16-14(19)5-4-6-15(16)20-3/h4-6,12-13,17,19H,7-11H2,1-3H3/t13-/m1/s1. The van der Waals surface area contributed by atoms with Gasteiger partial charge in [0, 0.05) is 32.2 Å². The van der Waals surface area contributed by atoms with Crippen LogP contribution in [-0.4, -0.2) is 43.3 Å². The predicted octanol–water partition coefficient (Wildman–Crippen LogP) is 2.39. The van der Waals surface area contributed by atoms with E-state index in [1.165, 1.54) is 0 Å². The van der Waals surface area contributed by atoms with Crippen LogP contribution in [0.2, 0.25) is 0 Å². The Hall–Kier alpha value is -1.26. The number of methoxy groups -OCH3 is 1. The van der Waals surface area contributed by atoms with Crippen LogP contribution in [0.5, 0.6) is 11.5 Å². The number of hydrogen-bond donors (Lipinski definition) is 2. The molecule has 1 saturated heterocycles. The van der Waals surface area contributed by atoms with Gasteiger partial charge in [-0.15, -0.1) is 0 Å². The maximum absolute atomic E-state index is 10.3. The molecule has 1 fully saturated rings. The fourth-order valence-electron chi connectivity index (χ4n) is 2.94. The second-order valence-electron chi connectivity index (χ2n) is 5.82. The number of rotatable bonds is 5. The summed E-state index contributed by atoms with van der Waals surface area (Å²) < 4.78 is 5.48. The highest BCUT2D eigenvalue weighted by Crippen LogP contribution is 2.39. The van der Waals surface area contributed by atoms with Gasteiger partial charge in [0.2, 0.25) is 0 Å². The number of phenols is 1. The lowest BCUT2D eigenvalue weighted by molar-refractivity contribution is 0.149. The van der Waals surface area contributed by atoms with Gasteiger partial charge < -0.3 is 15.2 Å². The molecule has 0 aliphatic carbocycles. The molecule has 1 heterocycles. The summed E-state index contributed by atoms with van der Waals surface area (Å²) in [6.45, 7) is 8.47. The number of phenolic OH excluding ortho intramolecular Hbond substituents is 1. The van der Waals surface area contributed by atoms with E-state index in [1.54, 1.807) is 13.2 Å². The van der Waals surface area contributed by atoms with Crippen LogP contribution in [0, 0.1) is 5.92 Å². The van der Waals surface area contributed by atoms with E-state index in [2.05, 4.69) is 24.1 Å². The van der Waals surface area contributed by atoms with E-state index in [0.717, 1.165) is 43.9 Å². The highest BCUT2D eigenvalue weighted by atomic mass is 16.5. The minimum atomic E-state index is 0.216. The second-order valence-corrected chi connectivity index (χ2v) is 5.82. The normalized spacial score (nSPS) is 18.2. The Morgan fingerprint density at radius 3 is 2.60 bits per heavy atom. The molecule has 0 aromatic heterocycles. The monoisotopic (exact) mass is 278 g/mol. The van der Waals surface area contributed by atoms with Gasteiger partial charge in [-0.1, -0.05) is 19.9 Å². The zero-order valence-corrected chi connectivity index (χ0v) is 12.7. The Morgan fingerprint density at radius 1 is 1.30 bits per heavy atom. The lowest BCUT2D eigenvalue weighted by Crippen LogP contribution is -2.45. The van der Waals surface area contributed by atoms with E-state index in [0.29, 0.717) is 11.7 Å². The van der Waals surface area contributed by atoms with E-state index >= 15 is 0 Å². The summed E-state index contributed by atoms with van der Waals surface area (Å²) in [5, 5.41) is 13.7. The maximum Gasteiger partial charge on any atom is 0.127 e. The molecule has 0 bridgehead atoms. The minimum Gasteiger partial charge on any atom is -0.507 e. The van der Waals surface area contributed by atoms with Gasteiger partial charge in [-0.3, -0.25) is 4.90 Å². The average molecular weight is 278 g/mol. The van der Waals surface area contributed by atoms with Crippen LogP contribution < -0.4 is 10.1 Å². The quantitative estimate of drug-likeness (QED) is 0.868. The first kappa shape index (κ1) is 15.1. The van der Waals surface area contributed by atoms with Crippen LogP contribution in [0.1, 0.15) is 31.9 Å². The zero-order chi connectivity index (χ0) is 14.5. The van der Waals surface area contributed by atoms with Gasteiger partial charge in [0.05, 0.1) is 12.7 Å².